The molecular weight excluding hydrogens is 394 g/mol. The van der Waals surface area contributed by atoms with Crippen LogP contribution in [0.15, 0.2) is 58.3 Å². The molecule has 2 aromatic rings. The molecule has 1 atom stereocenters. The monoisotopic (exact) mass is 423 g/mol. The van der Waals surface area contributed by atoms with Gasteiger partial charge in [0, 0.05) is 31.3 Å². The molecule has 31 heavy (non-hydrogen) atoms. The molecule has 1 aromatic heterocycles. The second kappa shape index (κ2) is 8.59. The third-order valence-corrected chi connectivity index (χ3v) is 5.76. The van der Waals surface area contributed by atoms with Crippen molar-refractivity contribution in [1.82, 2.24) is 5.32 Å². The predicted molar refractivity (Wildman–Crippen MR) is 119 cm³/mol. The van der Waals surface area contributed by atoms with E-state index in [0.717, 1.165) is 23.5 Å². The van der Waals surface area contributed by atoms with Crippen LogP contribution in [-0.4, -0.2) is 38.5 Å². The average Bonchev–Trinajstić information content (AvgIpc) is 3.19. The molecule has 1 aromatic carbocycles. The summed E-state index contributed by atoms with van der Waals surface area (Å²) in [6, 6.07) is 11.0. The Bertz CT molecular complexity index is 994. The summed E-state index contributed by atoms with van der Waals surface area (Å²) in [4.78, 5) is 28.2. The molecule has 0 fully saturated rings. The smallest absolute Gasteiger partial charge is 0.239 e. The van der Waals surface area contributed by atoms with Crippen LogP contribution in [0.1, 0.15) is 38.5 Å². The highest BCUT2D eigenvalue weighted by Gasteiger charge is 2.42. The SMILES string of the molecule is COCCNC(=O)CN1c2ccccc2NC2=C(C(=O)CC(C)(C)C2)[C@H]1c1ccco1. The van der Waals surface area contributed by atoms with Gasteiger partial charge in [-0.1, -0.05) is 26.0 Å². The Morgan fingerprint density at radius 2 is 2.06 bits per heavy atom. The number of hydrogen-bond acceptors (Lipinski definition) is 6. The van der Waals surface area contributed by atoms with Crippen LogP contribution in [0.3, 0.4) is 0 Å². The van der Waals surface area contributed by atoms with Gasteiger partial charge in [-0.15, -0.1) is 0 Å². The first-order valence-corrected chi connectivity index (χ1v) is 10.6. The summed E-state index contributed by atoms with van der Waals surface area (Å²) in [5.41, 5.74) is 3.16. The third-order valence-electron chi connectivity index (χ3n) is 5.76. The van der Waals surface area contributed by atoms with Crippen LogP contribution in [0.5, 0.6) is 0 Å². The van der Waals surface area contributed by atoms with E-state index in [4.69, 9.17) is 9.15 Å². The number of hydrogen-bond donors (Lipinski definition) is 2. The molecule has 0 saturated heterocycles. The number of furan rings is 1. The number of rotatable bonds is 6. The largest absolute Gasteiger partial charge is 0.467 e. The van der Waals surface area contributed by atoms with E-state index in [1.54, 1.807) is 13.4 Å². The van der Waals surface area contributed by atoms with Crippen molar-refractivity contribution in [1.29, 1.82) is 0 Å². The first-order chi connectivity index (χ1) is 14.9. The Hall–Kier alpha value is -3.06. The summed E-state index contributed by atoms with van der Waals surface area (Å²) < 4.78 is 10.8. The van der Waals surface area contributed by atoms with Crippen molar-refractivity contribution in [2.75, 3.05) is 37.0 Å². The minimum absolute atomic E-state index is 0.0812. The molecule has 1 aliphatic carbocycles. The van der Waals surface area contributed by atoms with Gasteiger partial charge in [-0.3, -0.25) is 9.59 Å². The highest BCUT2D eigenvalue weighted by molar-refractivity contribution is 6.01. The Kier molecular flexibility index (Phi) is 5.87. The minimum Gasteiger partial charge on any atom is -0.467 e. The van der Waals surface area contributed by atoms with E-state index in [1.165, 1.54) is 0 Å². The fraction of sp³-hybridized carbons (Fsp3) is 0.417. The van der Waals surface area contributed by atoms with Gasteiger partial charge < -0.3 is 24.7 Å². The highest BCUT2D eigenvalue weighted by Crippen LogP contribution is 2.48. The topological polar surface area (TPSA) is 83.8 Å². The van der Waals surface area contributed by atoms with Crippen molar-refractivity contribution in [2.24, 2.45) is 5.41 Å². The van der Waals surface area contributed by atoms with Gasteiger partial charge in [0.25, 0.3) is 0 Å². The summed E-state index contributed by atoms with van der Waals surface area (Å²) >= 11 is 0. The van der Waals surface area contributed by atoms with Gasteiger partial charge in [0.15, 0.2) is 5.78 Å². The lowest BCUT2D eigenvalue weighted by Gasteiger charge is -2.36. The second-order valence-electron chi connectivity index (χ2n) is 8.86. The van der Waals surface area contributed by atoms with Crippen LogP contribution >= 0.6 is 0 Å². The summed E-state index contributed by atoms with van der Waals surface area (Å²) in [5, 5.41) is 6.41. The molecule has 0 unspecified atom stereocenters. The lowest BCUT2D eigenvalue weighted by atomic mass is 9.74. The number of nitrogens with one attached hydrogen (secondary N) is 2. The Morgan fingerprint density at radius 1 is 1.26 bits per heavy atom. The summed E-state index contributed by atoms with van der Waals surface area (Å²) in [6.07, 6.45) is 2.80. The molecule has 7 nitrogen and oxygen atoms in total. The third kappa shape index (κ3) is 4.37. The number of anilines is 2. The Morgan fingerprint density at radius 3 is 2.81 bits per heavy atom. The minimum atomic E-state index is -0.488. The van der Waals surface area contributed by atoms with E-state index < -0.39 is 6.04 Å². The van der Waals surface area contributed by atoms with Crippen molar-refractivity contribution in [2.45, 2.75) is 32.7 Å². The normalized spacial score (nSPS) is 19.9. The molecule has 0 radical (unpaired) electrons. The lowest BCUT2D eigenvalue weighted by molar-refractivity contribution is -0.121. The number of methoxy groups -OCH3 is 1. The summed E-state index contributed by atoms with van der Waals surface area (Å²) in [6.45, 7) is 5.16. The number of para-hydroxylation sites is 2. The molecule has 2 N–H and O–H groups in total. The van der Waals surface area contributed by atoms with Gasteiger partial charge in [-0.2, -0.15) is 0 Å². The number of amides is 1. The number of ketones is 1. The Labute approximate surface area is 182 Å². The maximum Gasteiger partial charge on any atom is 0.239 e. The number of carbonyl (C=O) groups excluding carboxylic acids is 2. The number of allylic oxidation sites excluding steroid dienone is 1. The number of fused-ring (bicyclic) bond motifs is 1. The molecule has 0 saturated carbocycles. The van der Waals surface area contributed by atoms with Gasteiger partial charge in [0.1, 0.15) is 11.8 Å². The molecule has 1 aliphatic heterocycles. The first kappa shape index (κ1) is 21.2. The standard InChI is InChI=1S/C24H29N3O4/c1-24(2)13-17-22(19(28)14-24)23(20-9-6-11-31-20)27(15-21(29)25-10-12-30-3)18-8-5-4-7-16(18)26-17/h4-9,11,23,26H,10,12-15H2,1-3H3,(H,25,29)/t23-/m1/s1. The average molecular weight is 424 g/mol. The van der Waals surface area contributed by atoms with Crippen LogP contribution in [0, 0.1) is 5.41 Å². The quantitative estimate of drug-likeness (QED) is 0.690. The molecule has 0 spiro atoms. The van der Waals surface area contributed by atoms with Crippen molar-refractivity contribution in [3.8, 4) is 0 Å². The van der Waals surface area contributed by atoms with Crippen molar-refractivity contribution in [3.63, 3.8) is 0 Å². The van der Waals surface area contributed by atoms with Gasteiger partial charge in [0.05, 0.1) is 30.8 Å². The van der Waals surface area contributed by atoms with E-state index in [1.807, 2.05) is 41.3 Å². The Balaban J connectivity index is 1.82. The maximum atomic E-state index is 13.4. The van der Waals surface area contributed by atoms with Gasteiger partial charge >= 0.3 is 0 Å². The van der Waals surface area contributed by atoms with Crippen LogP contribution in [0.25, 0.3) is 0 Å². The lowest BCUT2D eigenvalue weighted by Crippen LogP contribution is -2.42. The number of ether oxygens (including phenoxy) is 1. The van der Waals surface area contributed by atoms with Crippen LogP contribution in [-0.2, 0) is 14.3 Å². The van der Waals surface area contributed by atoms with Gasteiger partial charge in [-0.25, -0.2) is 0 Å². The van der Waals surface area contributed by atoms with Gasteiger partial charge in [-0.05, 0) is 36.1 Å². The van der Waals surface area contributed by atoms with Crippen LogP contribution in [0.4, 0.5) is 11.4 Å². The van der Waals surface area contributed by atoms with Crippen LogP contribution < -0.4 is 15.5 Å². The number of Topliss-reactive ketones (excluding diaryl/α,β-unsaturated/α-hetero) is 1. The summed E-state index contributed by atoms with van der Waals surface area (Å²) in [5.74, 6) is 0.581. The van der Waals surface area contributed by atoms with Crippen molar-refractivity contribution in [3.05, 3.63) is 59.7 Å². The van der Waals surface area contributed by atoms with Crippen LogP contribution in [0.2, 0.25) is 0 Å². The number of benzene rings is 1. The zero-order valence-electron chi connectivity index (χ0n) is 18.2. The molecule has 164 valence electrons. The number of carbonyl (C=O) groups is 2. The van der Waals surface area contributed by atoms with Crippen molar-refractivity contribution >= 4 is 23.1 Å². The highest BCUT2D eigenvalue weighted by atomic mass is 16.5. The predicted octanol–water partition coefficient (Wildman–Crippen LogP) is 3.66. The zero-order chi connectivity index (χ0) is 22.0. The molecule has 4 rings (SSSR count). The zero-order valence-corrected chi connectivity index (χ0v) is 18.2. The van der Waals surface area contributed by atoms with E-state index in [-0.39, 0.29) is 23.7 Å². The fourth-order valence-electron chi connectivity index (χ4n) is 4.47. The van der Waals surface area contributed by atoms with E-state index in [9.17, 15) is 9.59 Å². The fourth-order valence-corrected chi connectivity index (χ4v) is 4.47. The molecule has 1 amide bonds. The molecule has 0 bridgehead atoms. The first-order valence-electron chi connectivity index (χ1n) is 10.6. The second-order valence-corrected chi connectivity index (χ2v) is 8.86. The molecule has 2 heterocycles. The van der Waals surface area contributed by atoms with Crippen molar-refractivity contribution < 1.29 is 18.7 Å². The number of nitrogens with zero attached hydrogens (tertiary/aromatic N) is 1. The van der Waals surface area contributed by atoms with E-state index in [0.29, 0.717) is 30.9 Å². The molecular formula is C24H29N3O4. The summed E-state index contributed by atoms with van der Waals surface area (Å²) in [7, 11) is 1.60. The molecule has 7 heteroatoms. The maximum absolute atomic E-state index is 13.4. The molecule has 2 aliphatic rings. The van der Waals surface area contributed by atoms with Gasteiger partial charge in [0.2, 0.25) is 5.91 Å². The van der Waals surface area contributed by atoms with E-state index in [2.05, 4.69) is 24.5 Å². The van der Waals surface area contributed by atoms with E-state index >= 15 is 0 Å².